The van der Waals surface area contributed by atoms with Crippen molar-refractivity contribution in [1.82, 2.24) is 0 Å². The molecule has 0 rings (SSSR count). The second kappa shape index (κ2) is 5.59. The van der Waals surface area contributed by atoms with Crippen LogP contribution in [0.1, 0.15) is 20.3 Å². The molecule has 0 aliphatic carbocycles. The maximum atomic E-state index is 11.4. The standard InChI is InChI=1S/C7H13F2O/c1-6(2)3-4-10-5-7(8)9/h4,6-7H,3,5H2,1-2H3. The molecule has 1 nitrogen and oxygen atoms in total. The van der Waals surface area contributed by atoms with Crippen LogP contribution in [0.3, 0.4) is 0 Å². The molecule has 0 aromatic carbocycles. The molecule has 0 aromatic heterocycles. The lowest BCUT2D eigenvalue weighted by Gasteiger charge is -2.03. The number of alkyl halides is 2. The van der Waals surface area contributed by atoms with Crippen LogP contribution >= 0.6 is 0 Å². The van der Waals surface area contributed by atoms with Gasteiger partial charge in [-0.3, -0.25) is 0 Å². The summed E-state index contributed by atoms with van der Waals surface area (Å²) in [5, 5.41) is 0. The van der Waals surface area contributed by atoms with E-state index in [1.807, 2.05) is 13.8 Å². The molecule has 1 radical (unpaired) electrons. The predicted octanol–water partition coefficient (Wildman–Crippen LogP) is 2.48. The van der Waals surface area contributed by atoms with Crippen LogP contribution < -0.4 is 0 Å². The Kier molecular flexibility index (Phi) is 5.49. The first-order chi connectivity index (χ1) is 4.63. The Morgan fingerprint density at radius 2 is 2.00 bits per heavy atom. The zero-order valence-electron chi connectivity index (χ0n) is 6.31. The van der Waals surface area contributed by atoms with Crippen molar-refractivity contribution >= 4 is 0 Å². The second-order valence-corrected chi connectivity index (χ2v) is 2.52. The molecule has 0 N–H and O–H groups in total. The average Bonchev–Trinajstić information content (AvgIpc) is 1.79. The van der Waals surface area contributed by atoms with E-state index >= 15 is 0 Å². The molecule has 0 saturated heterocycles. The van der Waals surface area contributed by atoms with Gasteiger partial charge in [-0.15, -0.1) is 0 Å². The number of hydrogen-bond acceptors (Lipinski definition) is 1. The summed E-state index contributed by atoms with van der Waals surface area (Å²) in [4.78, 5) is 0. The van der Waals surface area contributed by atoms with Crippen LogP contribution in [0, 0.1) is 12.5 Å². The molecule has 0 aliphatic rings. The summed E-state index contributed by atoms with van der Waals surface area (Å²) in [6.45, 7) is 4.97. The van der Waals surface area contributed by atoms with Gasteiger partial charge in [-0.2, -0.15) is 0 Å². The largest absolute Gasteiger partial charge is 0.370 e. The Balaban J connectivity index is 2.91. The van der Waals surface area contributed by atoms with Gasteiger partial charge in [-0.1, -0.05) is 13.8 Å². The Bertz CT molecular complexity index is 64.0. The zero-order valence-corrected chi connectivity index (χ0v) is 6.31. The smallest absolute Gasteiger partial charge is 0.261 e. The van der Waals surface area contributed by atoms with Gasteiger partial charge in [0, 0.05) is 0 Å². The highest BCUT2D eigenvalue weighted by Gasteiger charge is 2.01. The first-order valence-electron chi connectivity index (χ1n) is 3.34. The lowest BCUT2D eigenvalue weighted by Crippen LogP contribution is -2.03. The molecule has 0 saturated carbocycles. The van der Waals surface area contributed by atoms with Gasteiger partial charge in [0.2, 0.25) is 0 Å². The summed E-state index contributed by atoms with van der Waals surface area (Å²) in [6, 6.07) is 0. The van der Waals surface area contributed by atoms with Crippen molar-refractivity contribution in [2.24, 2.45) is 5.92 Å². The molecule has 0 heterocycles. The summed E-state index contributed by atoms with van der Waals surface area (Å²) in [5.41, 5.74) is 0. The summed E-state index contributed by atoms with van der Waals surface area (Å²) in [5.74, 6) is 0.470. The lowest BCUT2D eigenvalue weighted by molar-refractivity contribution is 0.0402. The first-order valence-corrected chi connectivity index (χ1v) is 3.34. The van der Waals surface area contributed by atoms with E-state index in [9.17, 15) is 8.78 Å². The van der Waals surface area contributed by atoms with E-state index in [2.05, 4.69) is 4.74 Å². The normalized spacial score (nSPS) is 11.4. The fourth-order valence-electron chi connectivity index (χ4n) is 0.401. The third kappa shape index (κ3) is 7.82. The van der Waals surface area contributed by atoms with E-state index in [1.54, 1.807) is 0 Å². The third-order valence-corrected chi connectivity index (χ3v) is 0.908. The van der Waals surface area contributed by atoms with Crippen molar-refractivity contribution < 1.29 is 13.5 Å². The summed E-state index contributed by atoms with van der Waals surface area (Å²) < 4.78 is 27.4. The highest BCUT2D eigenvalue weighted by molar-refractivity contribution is 4.54. The average molecular weight is 151 g/mol. The van der Waals surface area contributed by atoms with Gasteiger partial charge >= 0.3 is 0 Å². The SMILES string of the molecule is CC(C)C[CH]OCC(F)F. The Hall–Kier alpha value is -0.180. The van der Waals surface area contributed by atoms with E-state index < -0.39 is 13.0 Å². The van der Waals surface area contributed by atoms with E-state index in [4.69, 9.17) is 0 Å². The van der Waals surface area contributed by atoms with Gasteiger partial charge in [0.25, 0.3) is 6.43 Å². The van der Waals surface area contributed by atoms with Gasteiger partial charge in [0.1, 0.15) is 6.61 Å². The minimum Gasteiger partial charge on any atom is -0.370 e. The Morgan fingerprint density at radius 1 is 1.40 bits per heavy atom. The highest BCUT2D eigenvalue weighted by Crippen LogP contribution is 2.04. The minimum atomic E-state index is -2.36. The molecule has 0 fully saturated rings. The quantitative estimate of drug-likeness (QED) is 0.548. The van der Waals surface area contributed by atoms with Crippen molar-refractivity contribution in [3.05, 3.63) is 6.61 Å². The molecule has 10 heavy (non-hydrogen) atoms. The monoisotopic (exact) mass is 151 g/mol. The molecule has 3 heteroatoms. The Morgan fingerprint density at radius 3 is 2.40 bits per heavy atom. The topological polar surface area (TPSA) is 9.23 Å². The molecule has 0 spiro atoms. The zero-order chi connectivity index (χ0) is 7.98. The fourth-order valence-corrected chi connectivity index (χ4v) is 0.401. The molecular weight excluding hydrogens is 138 g/mol. The van der Waals surface area contributed by atoms with Crippen LogP contribution in [-0.2, 0) is 4.74 Å². The molecule has 61 valence electrons. The van der Waals surface area contributed by atoms with E-state index in [0.717, 1.165) is 6.42 Å². The fraction of sp³-hybridized carbons (Fsp3) is 0.857. The predicted molar refractivity (Wildman–Crippen MR) is 35.7 cm³/mol. The molecular formula is C7H13F2O. The Labute approximate surface area is 60.4 Å². The van der Waals surface area contributed by atoms with E-state index in [1.165, 1.54) is 6.61 Å². The number of ether oxygens (including phenoxy) is 1. The van der Waals surface area contributed by atoms with Gasteiger partial charge in [-0.05, 0) is 12.3 Å². The maximum Gasteiger partial charge on any atom is 0.261 e. The number of halogens is 2. The highest BCUT2D eigenvalue weighted by atomic mass is 19.3. The summed E-state index contributed by atoms with van der Waals surface area (Å²) in [7, 11) is 0. The van der Waals surface area contributed by atoms with Crippen LogP contribution in [0.5, 0.6) is 0 Å². The van der Waals surface area contributed by atoms with Gasteiger partial charge in [0.05, 0.1) is 6.61 Å². The lowest BCUT2D eigenvalue weighted by atomic mass is 10.1. The van der Waals surface area contributed by atoms with Crippen molar-refractivity contribution in [2.45, 2.75) is 26.7 Å². The second-order valence-electron chi connectivity index (χ2n) is 2.52. The van der Waals surface area contributed by atoms with Gasteiger partial charge in [0.15, 0.2) is 0 Å². The van der Waals surface area contributed by atoms with Crippen LogP contribution in [0.2, 0.25) is 0 Å². The van der Waals surface area contributed by atoms with Crippen molar-refractivity contribution in [1.29, 1.82) is 0 Å². The van der Waals surface area contributed by atoms with Crippen molar-refractivity contribution in [3.63, 3.8) is 0 Å². The molecule has 0 bridgehead atoms. The molecule has 0 unspecified atom stereocenters. The van der Waals surface area contributed by atoms with Crippen LogP contribution in [0.4, 0.5) is 8.78 Å². The van der Waals surface area contributed by atoms with Crippen LogP contribution in [0.15, 0.2) is 0 Å². The summed E-state index contributed by atoms with van der Waals surface area (Å²) >= 11 is 0. The van der Waals surface area contributed by atoms with Crippen molar-refractivity contribution in [3.8, 4) is 0 Å². The summed E-state index contributed by atoms with van der Waals surface area (Å²) in [6.07, 6.45) is -1.63. The molecule has 0 aliphatic heterocycles. The van der Waals surface area contributed by atoms with E-state index in [0.29, 0.717) is 5.92 Å². The molecule has 0 aromatic rings. The minimum absolute atomic E-state index is 0.470. The maximum absolute atomic E-state index is 11.4. The number of hydrogen-bond donors (Lipinski definition) is 0. The number of rotatable bonds is 5. The van der Waals surface area contributed by atoms with Crippen LogP contribution in [0.25, 0.3) is 0 Å². The first kappa shape index (κ1) is 9.82. The van der Waals surface area contributed by atoms with Crippen LogP contribution in [-0.4, -0.2) is 13.0 Å². The third-order valence-electron chi connectivity index (χ3n) is 0.908. The van der Waals surface area contributed by atoms with Gasteiger partial charge in [-0.25, -0.2) is 8.78 Å². The van der Waals surface area contributed by atoms with E-state index in [-0.39, 0.29) is 0 Å². The molecule has 0 atom stereocenters. The molecule has 0 amide bonds. The van der Waals surface area contributed by atoms with Gasteiger partial charge < -0.3 is 4.74 Å². The van der Waals surface area contributed by atoms with Crippen molar-refractivity contribution in [2.75, 3.05) is 6.61 Å².